The number of hydrazone groups is 1. The molecule has 0 aliphatic rings. The van der Waals surface area contributed by atoms with Crippen LogP contribution in [0.2, 0.25) is 0 Å². The summed E-state index contributed by atoms with van der Waals surface area (Å²) in [6, 6.07) is 7.14. The number of nitriles is 1. The molecule has 0 radical (unpaired) electrons. The predicted molar refractivity (Wildman–Crippen MR) is 97.8 cm³/mol. The normalized spacial score (nSPS) is 10.3. The van der Waals surface area contributed by atoms with Gasteiger partial charge in [0.2, 0.25) is 5.13 Å². The van der Waals surface area contributed by atoms with Gasteiger partial charge in [-0.3, -0.25) is 10.2 Å². The maximum absolute atomic E-state index is 11.4. The minimum Gasteiger partial charge on any atom is -0.493 e. The monoisotopic (exact) mass is 374 g/mol. The molecular formula is C17H18N4O4S. The number of benzene rings is 1. The molecule has 0 atom stereocenters. The van der Waals surface area contributed by atoms with E-state index in [-0.39, 0.29) is 19.0 Å². The molecule has 2 rings (SSSR count). The van der Waals surface area contributed by atoms with Crippen LogP contribution in [0.1, 0.15) is 18.2 Å². The summed E-state index contributed by atoms with van der Waals surface area (Å²) in [4.78, 5) is 15.7. The molecule has 0 aliphatic carbocycles. The Labute approximate surface area is 155 Å². The number of nitrogens with zero attached hydrogens (tertiary/aromatic N) is 3. The third-order valence-corrected chi connectivity index (χ3v) is 3.83. The van der Waals surface area contributed by atoms with Crippen LogP contribution in [0, 0.1) is 11.3 Å². The van der Waals surface area contributed by atoms with E-state index in [1.54, 1.807) is 36.7 Å². The maximum Gasteiger partial charge on any atom is 0.311 e. The Hall–Kier alpha value is -3.12. The van der Waals surface area contributed by atoms with Crippen LogP contribution in [0.25, 0.3) is 0 Å². The van der Waals surface area contributed by atoms with Crippen molar-refractivity contribution in [1.29, 1.82) is 5.26 Å². The van der Waals surface area contributed by atoms with Crippen molar-refractivity contribution in [3.63, 3.8) is 0 Å². The number of aromatic nitrogens is 1. The van der Waals surface area contributed by atoms with E-state index in [1.807, 2.05) is 6.07 Å². The van der Waals surface area contributed by atoms with Crippen molar-refractivity contribution in [2.24, 2.45) is 5.10 Å². The van der Waals surface area contributed by atoms with Crippen molar-refractivity contribution < 1.29 is 19.0 Å². The number of esters is 1. The van der Waals surface area contributed by atoms with E-state index in [9.17, 15) is 4.79 Å². The average molecular weight is 374 g/mol. The molecule has 26 heavy (non-hydrogen) atoms. The molecule has 1 heterocycles. The molecule has 2 aromatic rings. The first-order chi connectivity index (χ1) is 12.7. The SMILES string of the molecule is CCOC(=O)Cc1csc(NN=Cc2ccc(OCC#N)c(OC)c2)n1. The van der Waals surface area contributed by atoms with Crippen molar-refractivity contribution in [3.05, 3.63) is 34.8 Å². The van der Waals surface area contributed by atoms with Crippen molar-refractivity contribution >= 4 is 28.7 Å². The quantitative estimate of drug-likeness (QED) is 0.408. The molecule has 1 N–H and O–H groups in total. The van der Waals surface area contributed by atoms with E-state index in [2.05, 4.69) is 15.5 Å². The van der Waals surface area contributed by atoms with E-state index in [4.69, 9.17) is 19.5 Å². The van der Waals surface area contributed by atoms with Crippen LogP contribution in [0.4, 0.5) is 5.13 Å². The molecule has 8 nitrogen and oxygen atoms in total. The summed E-state index contributed by atoms with van der Waals surface area (Å²) in [5.74, 6) is 0.691. The van der Waals surface area contributed by atoms with Crippen molar-refractivity contribution in [2.45, 2.75) is 13.3 Å². The van der Waals surface area contributed by atoms with Gasteiger partial charge in [-0.15, -0.1) is 11.3 Å². The second-order valence-corrected chi connectivity index (χ2v) is 5.71. The third kappa shape index (κ3) is 5.75. The van der Waals surface area contributed by atoms with Gasteiger partial charge in [-0.05, 0) is 30.7 Å². The molecule has 0 saturated heterocycles. The number of nitrogens with one attached hydrogen (secondary N) is 1. The molecule has 1 aromatic heterocycles. The fraction of sp³-hybridized carbons (Fsp3) is 0.294. The molecule has 0 amide bonds. The topological polar surface area (TPSA) is 106 Å². The standard InChI is InChI=1S/C17H18N4O4S/c1-3-24-16(22)9-13-11-26-17(20-13)21-19-10-12-4-5-14(25-7-6-18)15(8-12)23-2/h4-5,8,10-11H,3,7,9H2,1-2H3,(H,20,21). The Morgan fingerprint density at radius 3 is 3.04 bits per heavy atom. The molecule has 0 bridgehead atoms. The smallest absolute Gasteiger partial charge is 0.311 e. The van der Waals surface area contributed by atoms with Crippen LogP contribution in [-0.2, 0) is 16.0 Å². The van der Waals surface area contributed by atoms with Gasteiger partial charge in [0.1, 0.15) is 6.07 Å². The molecule has 0 fully saturated rings. The Balaban J connectivity index is 1.95. The van der Waals surface area contributed by atoms with Gasteiger partial charge in [0.05, 0.1) is 32.0 Å². The minimum atomic E-state index is -0.307. The second kappa shape index (κ2) is 10.0. The predicted octanol–water partition coefficient (Wildman–Crippen LogP) is 2.61. The summed E-state index contributed by atoms with van der Waals surface area (Å²) >= 11 is 1.34. The van der Waals surface area contributed by atoms with E-state index >= 15 is 0 Å². The molecule has 0 spiro atoms. The Morgan fingerprint density at radius 1 is 1.46 bits per heavy atom. The second-order valence-electron chi connectivity index (χ2n) is 4.85. The van der Waals surface area contributed by atoms with Crippen molar-refractivity contribution in [2.75, 3.05) is 25.7 Å². The molecule has 0 saturated carbocycles. The number of thiazole rings is 1. The zero-order chi connectivity index (χ0) is 18.8. The lowest BCUT2D eigenvalue weighted by Crippen LogP contribution is -2.07. The highest BCUT2D eigenvalue weighted by atomic mass is 32.1. The summed E-state index contributed by atoms with van der Waals surface area (Å²) in [6.45, 7) is 2.06. The van der Waals surface area contributed by atoms with Gasteiger partial charge < -0.3 is 14.2 Å². The summed E-state index contributed by atoms with van der Waals surface area (Å²) in [5, 5.41) is 15.0. The van der Waals surface area contributed by atoms with Gasteiger partial charge >= 0.3 is 5.97 Å². The maximum atomic E-state index is 11.4. The summed E-state index contributed by atoms with van der Waals surface area (Å²) in [6.07, 6.45) is 1.74. The lowest BCUT2D eigenvalue weighted by atomic mass is 10.2. The van der Waals surface area contributed by atoms with E-state index in [0.29, 0.717) is 28.9 Å². The van der Waals surface area contributed by atoms with E-state index in [0.717, 1.165) is 5.56 Å². The van der Waals surface area contributed by atoms with Crippen LogP contribution in [0.3, 0.4) is 0 Å². The first-order valence-corrected chi connectivity index (χ1v) is 8.61. The number of hydrogen-bond donors (Lipinski definition) is 1. The van der Waals surface area contributed by atoms with Gasteiger partial charge in [-0.2, -0.15) is 10.4 Å². The van der Waals surface area contributed by atoms with Crippen LogP contribution in [0.15, 0.2) is 28.7 Å². The zero-order valence-electron chi connectivity index (χ0n) is 14.4. The van der Waals surface area contributed by atoms with Crippen LogP contribution >= 0.6 is 11.3 Å². The lowest BCUT2D eigenvalue weighted by molar-refractivity contribution is -0.142. The van der Waals surface area contributed by atoms with Crippen molar-refractivity contribution in [1.82, 2.24) is 4.98 Å². The van der Waals surface area contributed by atoms with Gasteiger partial charge in [0.15, 0.2) is 18.1 Å². The molecular weight excluding hydrogens is 356 g/mol. The number of ether oxygens (including phenoxy) is 3. The first kappa shape index (κ1) is 19.2. The summed E-state index contributed by atoms with van der Waals surface area (Å²) in [7, 11) is 1.52. The number of anilines is 1. The molecule has 0 unspecified atom stereocenters. The Kier molecular flexibility index (Phi) is 7.39. The van der Waals surface area contributed by atoms with Gasteiger partial charge in [-0.25, -0.2) is 4.98 Å². The lowest BCUT2D eigenvalue weighted by Gasteiger charge is -2.08. The Morgan fingerprint density at radius 2 is 2.31 bits per heavy atom. The van der Waals surface area contributed by atoms with Gasteiger partial charge in [0, 0.05) is 5.38 Å². The van der Waals surface area contributed by atoms with Gasteiger partial charge in [-0.1, -0.05) is 0 Å². The molecule has 9 heteroatoms. The van der Waals surface area contributed by atoms with Gasteiger partial charge in [0.25, 0.3) is 0 Å². The molecule has 136 valence electrons. The highest BCUT2D eigenvalue weighted by Crippen LogP contribution is 2.27. The first-order valence-electron chi connectivity index (χ1n) is 7.73. The van der Waals surface area contributed by atoms with Crippen LogP contribution in [-0.4, -0.2) is 37.5 Å². The highest BCUT2D eigenvalue weighted by molar-refractivity contribution is 7.13. The summed E-state index contributed by atoms with van der Waals surface area (Å²) < 4.78 is 15.4. The fourth-order valence-corrected chi connectivity index (χ4v) is 2.61. The van der Waals surface area contributed by atoms with Crippen LogP contribution < -0.4 is 14.9 Å². The Bertz CT molecular complexity index is 813. The number of methoxy groups -OCH3 is 1. The van der Waals surface area contributed by atoms with Crippen molar-refractivity contribution in [3.8, 4) is 17.6 Å². The molecule has 0 aliphatic heterocycles. The number of carbonyl (C=O) groups excluding carboxylic acids is 1. The van der Waals surface area contributed by atoms with E-state index < -0.39 is 0 Å². The minimum absolute atomic E-state index is 0.0521. The van der Waals surface area contributed by atoms with E-state index in [1.165, 1.54) is 18.4 Å². The number of hydrogen-bond acceptors (Lipinski definition) is 9. The number of rotatable bonds is 9. The van der Waals surface area contributed by atoms with Crippen LogP contribution in [0.5, 0.6) is 11.5 Å². The third-order valence-electron chi connectivity index (χ3n) is 3.04. The average Bonchev–Trinajstić information content (AvgIpc) is 3.07. The fourth-order valence-electron chi connectivity index (χ4n) is 1.96. The zero-order valence-corrected chi connectivity index (χ0v) is 15.2. The summed E-state index contributed by atoms with van der Waals surface area (Å²) in [5.41, 5.74) is 4.23. The highest BCUT2D eigenvalue weighted by Gasteiger charge is 2.08. The number of carbonyl (C=O) groups is 1. The largest absolute Gasteiger partial charge is 0.493 e. The molecule has 1 aromatic carbocycles.